The predicted molar refractivity (Wildman–Crippen MR) is 68.2 cm³/mol. The van der Waals surface area contributed by atoms with Gasteiger partial charge in [0.1, 0.15) is 0 Å². The fraction of sp³-hybridized carbons (Fsp3) is 0.750. The van der Waals surface area contributed by atoms with Gasteiger partial charge in [0.05, 0.1) is 0 Å². The summed E-state index contributed by atoms with van der Waals surface area (Å²) in [5.74, 6) is 1.47. The summed E-state index contributed by atoms with van der Waals surface area (Å²) >= 11 is 3.70. The van der Waals surface area contributed by atoms with Gasteiger partial charge in [0, 0.05) is 23.8 Å². The van der Waals surface area contributed by atoms with Crippen molar-refractivity contribution in [2.75, 3.05) is 0 Å². The van der Waals surface area contributed by atoms with E-state index in [4.69, 9.17) is 0 Å². The van der Waals surface area contributed by atoms with E-state index in [2.05, 4.69) is 47.9 Å². The average Bonchev–Trinajstić information content (AvgIpc) is 2.51. The Labute approximate surface area is 101 Å². The predicted octanol–water partition coefficient (Wildman–Crippen LogP) is 3.41. The normalized spacial score (nSPS) is 15.6. The van der Waals surface area contributed by atoms with E-state index in [0.29, 0.717) is 4.83 Å². The first kappa shape index (κ1) is 12.8. The Bertz CT molecular complexity index is 284. The highest BCUT2D eigenvalue weighted by atomic mass is 79.9. The smallest absolute Gasteiger partial charge is 0.0492 e. The number of hydrogen-bond donors (Lipinski definition) is 0. The molecule has 0 aliphatic heterocycles. The average molecular weight is 273 g/mol. The lowest BCUT2D eigenvalue weighted by molar-refractivity contribution is 0.358. The number of nitrogens with zero attached hydrogens (tertiary/aromatic N) is 2. The molecule has 2 atom stereocenters. The molecule has 0 N–H and O–H groups in total. The highest BCUT2D eigenvalue weighted by molar-refractivity contribution is 9.09. The van der Waals surface area contributed by atoms with Crippen LogP contribution in [-0.2, 0) is 13.5 Å². The van der Waals surface area contributed by atoms with Gasteiger partial charge in [-0.3, -0.25) is 4.68 Å². The molecule has 15 heavy (non-hydrogen) atoms. The molecule has 0 bridgehead atoms. The first-order valence-corrected chi connectivity index (χ1v) is 6.55. The number of aromatic nitrogens is 2. The molecule has 86 valence electrons. The zero-order chi connectivity index (χ0) is 11.4. The van der Waals surface area contributed by atoms with Crippen molar-refractivity contribution in [3.05, 3.63) is 18.0 Å². The number of aryl methyl sites for hydroxylation is 2. The van der Waals surface area contributed by atoms with Crippen LogP contribution in [0.4, 0.5) is 0 Å². The van der Waals surface area contributed by atoms with Crippen LogP contribution in [0.2, 0.25) is 0 Å². The van der Waals surface area contributed by atoms with Gasteiger partial charge in [-0.15, -0.1) is 0 Å². The summed E-state index contributed by atoms with van der Waals surface area (Å²) < 4.78 is 1.97. The zero-order valence-electron chi connectivity index (χ0n) is 10.1. The molecule has 0 saturated heterocycles. The third kappa shape index (κ3) is 3.63. The molecule has 1 rings (SSSR count). The van der Waals surface area contributed by atoms with Gasteiger partial charge in [-0.25, -0.2) is 0 Å². The number of hydrogen-bond acceptors (Lipinski definition) is 1. The number of rotatable bonds is 5. The summed E-state index contributed by atoms with van der Waals surface area (Å²) in [5.41, 5.74) is 1.33. The Kier molecular flexibility index (Phi) is 4.84. The van der Waals surface area contributed by atoms with Crippen LogP contribution in [-0.4, -0.2) is 14.6 Å². The van der Waals surface area contributed by atoms with E-state index in [0.717, 1.165) is 18.3 Å². The van der Waals surface area contributed by atoms with Gasteiger partial charge >= 0.3 is 0 Å². The summed E-state index contributed by atoms with van der Waals surface area (Å²) in [6.45, 7) is 6.84. The Balaban J connectivity index is 2.51. The maximum Gasteiger partial charge on any atom is 0.0492 e. The van der Waals surface area contributed by atoms with Crippen molar-refractivity contribution in [3.63, 3.8) is 0 Å². The van der Waals surface area contributed by atoms with E-state index in [-0.39, 0.29) is 0 Å². The monoisotopic (exact) mass is 272 g/mol. The fourth-order valence-electron chi connectivity index (χ4n) is 2.05. The lowest BCUT2D eigenvalue weighted by Gasteiger charge is -2.23. The van der Waals surface area contributed by atoms with Crippen molar-refractivity contribution in [3.8, 4) is 0 Å². The summed E-state index contributed by atoms with van der Waals surface area (Å²) in [4.78, 5) is 0.589. The molecule has 3 heteroatoms. The lowest BCUT2D eigenvalue weighted by atomic mass is 9.88. The van der Waals surface area contributed by atoms with E-state index in [9.17, 15) is 0 Å². The number of halogens is 1. The SMILES string of the molecule is CC(C)C(CCc1ccnn1C)C(C)Br. The molecule has 0 aliphatic carbocycles. The van der Waals surface area contributed by atoms with E-state index in [1.54, 1.807) is 0 Å². The molecular formula is C12H21BrN2. The van der Waals surface area contributed by atoms with Crippen LogP contribution >= 0.6 is 15.9 Å². The van der Waals surface area contributed by atoms with Gasteiger partial charge in [-0.05, 0) is 30.7 Å². The van der Waals surface area contributed by atoms with E-state index < -0.39 is 0 Å². The second-order valence-corrected chi connectivity index (χ2v) is 6.01. The zero-order valence-corrected chi connectivity index (χ0v) is 11.7. The second-order valence-electron chi connectivity index (χ2n) is 4.57. The maximum absolute atomic E-state index is 4.19. The quantitative estimate of drug-likeness (QED) is 0.752. The van der Waals surface area contributed by atoms with Crippen molar-refractivity contribution >= 4 is 15.9 Å². The molecule has 0 aromatic carbocycles. The van der Waals surface area contributed by atoms with Crippen LogP contribution in [0.25, 0.3) is 0 Å². The van der Waals surface area contributed by atoms with E-state index >= 15 is 0 Å². The first-order valence-electron chi connectivity index (χ1n) is 5.63. The third-order valence-corrected chi connectivity index (χ3v) is 3.78. The summed E-state index contributed by atoms with van der Waals surface area (Å²) in [6.07, 6.45) is 4.22. The fourth-order valence-corrected chi connectivity index (χ4v) is 2.93. The van der Waals surface area contributed by atoms with Gasteiger partial charge in [0.25, 0.3) is 0 Å². The molecule has 1 heterocycles. The molecule has 1 aromatic rings. The van der Waals surface area contributed by atoms with Crippen molar-refractivity contribution in [1.82, 2.24) is 9.78 Å². The Hall–Kier alpha value is -0.310. The van der Waals surface area contributed by atoms with Gasteiger partial charge in [-0.1, -0.05) is 36.7 Å². The Morgan fingerprint density at radius 3 is 2.47 bits per heavy atom. The van der Waals surface area contributed by atoms with Crippen LogP contribution in [0.15, 0.2) is 12.3 Å². The van der Waals surface area contributed by atoms with Gasteiger partial charge in [0.15, 0.2) is 0 Å². The Morgan fingerprint density at radius 1 is 1.40 bits per heavy atom. The highest BCUT2D eigenvalue weighted by Crippen LogP contribution is 2.26. The summed E-state index contributed by atoms with van der Waals surface area (Å²) in [7, 11) is 2.01. The van der Waals surface area contributed by atoms with Crippen molar-refractivity contribution in [2.45, 2.75) is 38.4 Å². The van der Waals surface area contributed by atoms with Gasteiger partial charge in [-0.2, -0.15) is 5.10 Å². The number of alkyl halides is 1. The second kappa shape index (κ2) is 5.69. The third-order valence-electron chi connectivity index (χ3n) is 3.10. The minimum atomic E-state index is 0.589. The van der Waals surface area contributed by atoms with Crippen LogP contribution in [0.5, 0.6) is 0 Å². The molecule has 0 spiro atoms. The molecule has 2 nitrogen and oxygen atoms in total. The molecular weight excluding hydrogens is 252 g/mol. The minimum absolute atomic E-state index is 0.589. The molecule has 0 saturated carbocycles. The summed E-state index contributed by atoms with van der Waals surface area (Å²) in [6, 6.07) is 2.11. The maximum atomic E-state index is 4.19. The van der Waals surface area contributed by atoms with Crippen molar-refractivity contribution in [2.24, 2.45) is 18.9 Å². The highest BCUT2D eigenvalue weighted by Gasteiger charge is 2.18. The molecule has 0 aliphatic rings. The first-order chi connectivity index (χ1) is 7.02. The largest absolute Gasteiger partial charge is 0.273 e. The molecule has 1 aromatic heterocycles. The van der Waals surface area contributed by atoms with Crippen LogP contribution in [0.1, 0.15) is 32.9 Å². The summed E-state index contributed by atoms with van der Waals surface area (Å²) in [5, 5.41) is 4.19. The Morgan fingerprint density at radius 2 is 2.07 bits per heavy atom. The van der Waals surface area contributed by atoms with E-state index in [1.807, 2.05) is 17.9 Å². The molecule has 0 amide bonds. The van der Waals surface area contributed by atoms with Crippen molar-refractivity contribution < 1.29 is 0 Å². The topological polar surface area (TPSA) is 17.8 Å². The molecule has 0 fully saturated rings. The van der Waals surface area contributed by atoms with Crippen LogP contribution in [0, 0.1) is 11.8 Å². The standard InChI is InChI=1S/C12H21BrN2/c1-9(2)12(10(3)13)6-5-11-7-8-14-15(11)4/h7-10,12H,5-6H2,1-4H3. The van der Waals surface area contributed by atoms with E-state index in [1.165, 1.54) is 12.1 Å². The van der Waals surface area contributed by atoms with Crippen LogP contribution < -0.4 is 0 Å². The van der Waals surface area contributed by atoms with Gasteiger partial charge < -0.3 is 0 Å². The van der Waals surface area contributed by atoms with Crippen molar-refractivity contribution in [1.29, 1.82) is 0 Å². The molecule has 0 radical (unpaired) electrons. The molecule has 2 unspecified atom stereocenters. The van der Waals surface area contributed by atoms with Gasteiger partial charge in [0.2, 0.25) is 0 Å². The van der Waals surface area contributed by atoms with Crippen LogP contribution in [0.3, 0.4) is 0 Å². The minimum Gasteiger partial charge on any atom is -0.273 e. The lowest BCUT2D eigenvalue weighted by Crippen LogP contribution is -2.19.